The second-order valence-electron chi connectivity index (χ2n) is 6.62. The summed E-state index contributed by atoms with van der Waals surface area (Å²) in [6, 6.07) is 8.15. The number of nitrogens with one attached hydrogen (secondary N) is 1. The Bertz CT molecular complexity index is 928. The molecular formula is C18H21FN2O4S. The van der Waals surface area contributed by atoms with Crippen LogP contribution in [-0.4, -0.2) is 37.4 Å². The Hall–Kier alpha value is -2.48. The van der Waals surface area contributed by atoms with Gasteiger partial charge in [-0.25, -0.2) is 17.6 Å². The van der Waals surface area contributed by atoms with Crippen molar-refractivity contribution >= 4 is 26.8 Å². The number of benzene rings is 1. The second kappa shape index (κ2) is 7.82. The molecule has 0 radical (unpaired) electrons. The highest BCUT2D eigenvalue weighted by molar-refractivity contribution is 7.91. The van der Waals surface area contributed by atoms with Crippen LogP contribution in [-0.2, 0) is 14.6 Å². The summed E-state index contributed by atoms with van der Waals surface area (Å²) in [5, 5.41) is 3.00. The first-order chi connectivity index (χ1) is 12.1. The van der Waals surface area contributed by atoms with Gasteiger partial charge in [0.1, 0.15) is 17.2 Å². The lowest BCUT2D eigenvalue weighted by molar-refractivity contribution is 0.0534. The Labute approximate surface area is 152 Å². The number of carbonyl (C=O) groups excluding carboxylic acids is 1. The molecule has 8 heteroatoms. The van der Waals surface area contributed by atoms with Crippen molar-refractivity contribution in [2.75, 3.05) is 12.3 Å². The summed E-state index contributed by atoms with van der Waals surface area (Å²) in [5.74, 6) is -1.67. The summed E-state index contributed by atoms with van der Waals surface area (Å²) >= 11 is 0. The fourth-order valence-electron chi connectivity index (χ4n) is 2.20. The summed E-state index contributed by atoms with van der Waals surface area (Å²) in [6.45, 7) is 4.93. The third kappa shape index (κ3) is 5.52. The van der Waals surface area contributed by atoms with Crippen LogP contribution < -0.4 is 5.32 Å². The highest BCUT2D eigenvalue weighted by atomic mass is 32.2. The Morgan fingerprint density at radius 1 is 1.27 bits per heavy atom. The van der Waals surface area contributed by atoms with E-state index in [1.54, 1.807) is 45.0 Å². The molecule has 26 heavy (non-hydrogen) atoms. The molecule has 0 fully saturated rings. The van der Waals surface area contributed by atoms with Crippen LogP contribution in [0, 0.1) is 0 Å². The molecule has 0 aliphatic rings. The molecule has 0 unspecified atom stereocenters. The van der Waals surface area contributed by atoms with Gasteiger partial charge in [0.15, 0.2) is 9.84 Å². The molecule has 0 aliphatic carbocycles. The van der Waals surface area contributed by atoms with Gasteiger partial charge >= 0.3 is 6.09 Å². The third-order valence-electron chi connectivity index (χ3n) is 3.23. The number of pyridine rings is 1. The van der Waals surface area contributed by atoms with Crippen LogP contribution in [0.15, 0.2) is 53.3 Å². The molecule has 140 valence electrons. The summed E-state index contributed by atoms with van der Waals surface area (Å²) in [5.41, 5.74) is -0.369. The number of alkyl carbamates (subject to hydrolysis) is 1. The minimum atomic E-state index is -3.92. The van der Waals surface area contributed by atoms with E-state index < -0.39 is 33.1 Å². The number of para-hydroxylation sites is 1. The van der Waals surface area contributed by atoms with E-state index in [9.17, 15) is 17.6 Å². The van der Waals surface area contributed by atoms with Crippen molar-refractivity contribution in [1.82, 2.24) is 10.3 Å². The van der Waals surface area contributed by atoms with Gasteiger partial charge in [0.05, 0.1) is 10.4 Å². The summed E-state index contributed by atoms with van der Waals surface area (Å²) in [4.78, 5) is 15.5. The van der Waals surface area contributed by atoms with Crippen molar-refractivity contribution < 1.29 is 22.3 Å². The highest BCUT2D eigenvalue weighted by Gasteiger charge is 2.20. The first-order valence-electron chi connectivity index (χ1n) is 7.96. The monoisotopic (exact) mass is 380 g/mol. The summed E-state index contributed by atoms with van der Waals surface area (Å²) in [6.07, 6.45) is 1.78. The fourth-order valence-corrected chi connectivity index (χ4v) is 3.59. The number of carbonyl (C=O) groups is 1. The van der Waals surface area contributed by atoms with E-state index in [4.69, 9.17) is 4.74 Å². The molecule has 1 heterocycles. The van der Waals surface area contributed by atoms with E-state index in [-0.39, 0.29) is 11.4 Å². The Balaban J connectivity index is 2.07. The van der Waals surface area contributed by atoms with Crippen molar-refractivity contribution in [2.45, 2.75) is 31.3 Å². The molecule has 0 bridgehead atoms. The molecule has 0 spiro atoms. The molecule has 0 saturated heterocycles. The SMILES string of the molecule is CC(C)(C)OC(=O)NCC=C(F)CS(=O)(=O)c1cccc2cccnc12. The van der Waals surface area contributed by atoms with Gasteiger partial charge in [0.2, 0.25) is 0 Å². The van der Waals surface area contributed by atoms with Crippen molar-refractivity contribution in [2.24, 2.45) is 0 Å². The number of hydrogen-bond acceptors (Lipinski definition) is 5. The molecule has 0 saturated carbocycles. The van der Waals surface area contributed by atoms with Gasteiger partial charge in [0.25, 0.3) is 0 Å². The van der Waals surface area contributed by atoms with E-state index in [1.165, 1.54) is 12.3 Å². The Morgan fingerprint density at radius 3 is 2.65 bits per heavy atom. The quantitative estimate of drug-likeness (QED) is 0.859. The number of sulfone groups is 1. The molecule has 1 amide bonds. The van der Waals surface area contributed by atoms with E-state index in [0.717, 1.165) is 6.08 Å². The Kier molecular flexibility index (Phi) is 5.97. The number of amides is 1. The average molecular weight is 380 g/mol. The lowest BCUT2D eigenvalue weighted by Crippen LogP contribution is -2.32. The molecule has 1 aromatic carbocycles. The minimum Gasteiger partial charge on any atom is -0.444 e. The van der Waals surface area contributed by atoms with Crippen LogP contribution in [0.5, 0.6) is 0 Å². The normalized spacial score (nSPS) is 12.8. The molecule has 2 aromatic rings. The van der Waals surface area contributed by atoms with Gasteiger partial charge in [-0.3, -0.25) is 4.98 Å². The fraction of sp³-hybridized carbons (Fsp3) is 0.333. The van der Waals surface area contributed by atoms with Crippen LogP contribution in [0.3, 0.4) is 0 Å². The molecule has 0 atom stereocenters. The minimum absolute atomic E-state index is 0.0285. The number of halogens is 1. The first-order valence-corrected chi connectivity index (χ1v) is 9.61. The smallest absolute Gasteiger partial charge is 0.407 e. The lowest BCUT2D eigenvalue weighted by atomic mass is 10.2. The first kappa shape index (κ1) is 19.8. The van der Waals surface area contributed by atoms with Crippen molar-refractivity contribution in [1.29, 1.82) is 0 Å². The van der Waals surface area contributed by atoms with Crippen molar-refractivity contribution in [3.05, 3.63) is 48.4 Å². The number of hydrogen-bond donors (Lipinski definition) is 1. The van der Waals surface area contributed by atoms with Crippen LogP contribution in [0.25, 0.3) is 10.9 Å². The number of ether oxygens (including phenoxy) is 1. The molecule has 2 rings (SSSR count). The van der Waals surface area contributed by atoms with Gasteiger partial charge in [0, 0.05) is 18.1 Å². The zero-order valence-electron chi connectivity index (χ0n) is 14.8. The van der Waals surface area contributed by atoms with Crippen LogP contribution in [0.2, 0.25) is 0 Å². The number of rotatable bonds is 5. The maximum atomic E-state index is 14.0. The van der Waals surface area contributed by atoms with E-state index >= 15 is 0 Å². The topological polar surface area (TPSA) is 85.4 Å². The van der Waals surface area contributed by atoms with Crippen LogP contribution in [0.4, 0.5) is 9.18 Å². The van der Waals surface area contributed by atoms with Gasteiger partial charge in [-0.1, -0.05) is 18.2 Å². The predicted molar refractivity (Wildman–Crippen MR) is 97.2 cm³/mol. The van der Waals surface area contributed by atoms with E-state index in [2.05, 4.69) is 10.3 Å². The van der Waals surface area contributed by atoms with Crippen molar-refractivity contribution in [3.63, 3.8) is 0 Å². The van der Waals surface area contributed by atoms with E-state index in [1.807, 2.05) is 0 Å². The zero-order chi connectivity index (χ0) is 19.4. The van der Waals surface area contributed by atoms with Crippen LogP contribution >= 0.6 is 0 Å². The van der Waals surface area contributed by atoms with Crippen molar-refractivity contribution in [3.8, 4) is 0 Å². The standard InChI is InChI=1S/C18H21FN2O4S/c1-18(2,3)25-17(22)21-11-9-14(19)12-26(23,24)15-8-4-6-13-7-5-10-20-16(13)15/h4-10H,11-12H2,1-3H3,(H,21,22). The lowest BCUT2D eigenvalue weighted by Gasteiger charge is -2.19. The molecule has 6 nitrogen and oxygen atoms in total. The maximum absolute atomic E-state index is 14.0. The predicted octanol–water partition coefficient (Wildman–Crippen LogP) is 3.39. The largest absolute Gasteiger partial charge is 0.444 e. The number of aromatic nitrogens is 1. The Morgan fingerprint density at radius 2 is 1.96 bits per heavy atom. The molecule has 1 N–H and O–H groups in total. The van der Waals surface area contributed by atoms with Gasteiger partial charge in [-0.05, 0) is 39.0 Å². The van der Waals surface area contributed by atoms with Gasteiger partial charge < -0.3 is 10.1 Å². The van der Waals surface area contributed by atoms with Crippen LogP contribution in [0.1, 0.15) is 20.8 Å². The average Bonchev–Trinajstić information content (AvgIpc) is 2.52. The molecule has 1 aromatic heterocycles. The van der Waals surface area contributed by atoms with Gasteiger partial charge in [-0.2, -0.15) is 0 Å². The van der Waals surface area contributed by atoms with Gasteiger partial charge in [-0.15, -0.1) is 0 Å². The zero-order valence-corrected chi connectivity index (χ0v) is 15.6. The maximum Gasteiger partial charge on any atom is 0.407 e. The molecular weight excluding hydrogens is 359 g/mol. The highest BCUT2D eigenvalue weighted by Crippen LogP contribution is 2.23. The number of nitrogens with zero attached hydrogens (tertiary/aromatic N) is 1. The summed E-state index contributed by atoms with van der Waals surface area (Å²) < 4.78 is 44.1. The third-order valence-corrected chi connectivity index (χ3v) is 4.88. The van der Waals surface area contributed by atoms with E-state index in [0.29, 0.717) is 10.9 Å². The second-order valence-corrected chi connectivity index (χ2v) is 8.58. The summed E-state index contributed by atoms with van der Waals surface area (Å²) in [7, 11) is -3.92. The number of fused-ring (bicyclic) bond motifs is 1. The molecule has 0 aliphatic heterocycles.